The topological polar surface area (TPSA) is 26.8 Å². The van der Waals surface area contributed by atoms with Crippen LogP contribution in [0, 0.1) is 11.6 Å². The third kappa shape index (κ3) is 4.69. The number of fused-ring (bicyclic) bond motifs is 1. The van der Waals surface area contributed by atoms with Gasteiger partial charge in [-0.25, -0.2) is 8.78 Å². The standard InChI is InChI=1S/C25H27F2N3O/c1-3-29-17-20(25(31)9-6-18-4-7-21(26)8-5-18)14-19-15-22(27)24(16-23(19)29)30-12-10-28(2)11-13-30/h4-9,14-16H,3,10-13,17H2,1-2H3. The van der Waals surface area contributed by atoms with E-state index in [0.29, 0.717) is 24.4 Å². The van der Waals surface area contributed by atoms with Crippen molar-refractivity contribution in [3.8, 4) is 0 Å². The van der Waals surface area contributed by atoms with Gasteiger partial charge < -0.3 is 14.7 Å². The molecule has 0 amide bonds. The number of likely N-dealkylation sites (N-methyl/N-ethyl adjacent to an activating group) is 2. The smallest absolute Gasteiger partial charge is 0.183 e. The summed E-state index contributed by atoms with van der Waals surface area (Å²) in [5.74, 6) is -0.699. The molecule has 0 unspecified atom stereocenters. The third-order valence-electron chi connectivity index (χ3n) is 5.97. The first kappa shape index (κ1) is 21.2. The van der Waals surface area contributed by atoms with Crippen molar-refractivity contribution in [1.29, 1.82) is 0 Å². The molecule has 0 saturated carbocycles. The van der Waals surface area contributed by atoms with Gasteiger partial charge in [0.15, 0.2) is 5.78 Å². The van der Waals surface area contributed by atoms with Crippen LogP contribution in [-0.2, 0) is 4.79 Å². The number of benzene rings is 2. The van der Waals surface area contributed by atoms with Crippen molar-refractivity contribution in [1.82, 2.24) is 4.90 Å². The molecule has 31 heavy (non-hydrogen) atoms. The number of hydrogen-bond donors (Lipinski definition) is 0. The zero-order chi connectivity index (χ0) is 22.0. The number of carbonyl (C=O) groups is 1. The van der Waals surface area contributed by atoms with E-state index in [1.807, 2.05) is 13.0 Å². The molecule has 162 valence electrons. The Kier molecular flexibility index (Phi) is 6.18. The predicted molar refractivity (Wildman–Crippen MR) is 122 cm³/mol. The van der Waals surface area contributed by atoms with Crippen molar-refractivity contribution in [3.05, 3.63) is 70.8 Å². The maximum Gasteiger partial charge on any atom is 0.183 e. The maximum absolute atomic E-state index is 15.0. The number of rotatable bonds is 5. The lowest BCUT2D eigenvalue weighted by atomic mass is 9.98. The molecule has 2 aromatic rings. The SMILES string of the molecule is CCN1CC(C(=O)C=Cc2ccc(F)cc2)=Cc2cc(F)c(N3CCN(C)CC3)cc21. The quantitative estimate of drug-likeness (QED) is 0.673. The lowest BCUT2D eigenvalue weighted by Crippen LogP contribution is -2.45. The van der Waals surface area contributed by atoms with Crippen LogP contribution in [0.25, 0.3) is 12.2 Å². The molecule has 2 aliphatic heterocycles. The highest BCUT2D eigenvalue weighted by molar-refractivity contribution is 6.11. The van der Waals surface area contributed by atoms with Gasteiger partial charge >= 0.3 is 0 Å². The molecule has 4 rings (SSSR count). The normalized spacial score (nSPS) is 17.1. The van der Waals surface area contributed by atoms with Crippen molar-refractivity contribution in [2.24, 2.45) is 0 Å². The molecular formula is C25H27F2N3O. The van der Waals surface area contributed by atoms with Gasteiger partial charge in [-0.15, -0.1) is 0 Å². The van der Waals surface area contributed by atoms with Gasteiger partial charge in [0.2, 0.25) is 0 Å². The van der Waals surface area contributed by atoms with E-state index in [1.165, 1.54) is 18.2 Å². The zero-order valence-corrected chi connectivity index (χ0v) is 17.9. The Morgan fingerprint density at radius 1 is 1.03 bits per heavy atom. The van der Waals surface area contributed by atoms with E-state index in [1.54, 1.807) is 30.4 Å². The molecule has 1 fully saturated rings. The van der Waals surface area contributed by atoms with Gasteiger partial charge in [-0.3, -0.25) is 4.79 Å². The van der Waals surface area contributed by atoms with E-state index in [-0.39, 0.29) is 17.4 Å². The second-order valence-corrected chi connectivity index (χ2v) is 8.09. The molecule has 0 spiro atoms. The molecule has 4 nitrogen and oxygen atoms in total. The highest BCUT2D eigenvalue weighted by Gasteiger charge is 2.24. The molecule has 0 aromatic heterocycles. The highest BCUT2D eigenvalue weighted by atomic mass is 19.1. The molecule has 0 atom stereocenters. The molecule has 1 saturated heterocycles. The van der Waals surface area contributed by atoms with Crippen LogP contribution in [0.5, 0.6) is 0 Å². The minimum Gasteiger partial charge on any atom is -0.367 e. The Labute approximate surface area is 182 Å². The van der Waals surface area contributed by atoms with E-state index >= 15 is 0 Å². The van der Waals surface area contributed by atoms with Gasteiger partial charge in [0.1, 0.15) is 11.6 Å². The van der Waals surface area contributed by atoms with Crippen LogP contribution in [-0.4, -0.2) is 57.0 Å². The molecule has 6 heteroatoms. The number of allylic oxidation sites excluding steroid dienone is 1. The number of anilines is 2. The van der Waals surface area contributed by atoms with Gasteiger partial charge in [-0.2, -0.15) is 0 Å². The maximum atomic E-state index is 15.0. The second-order valence-electron chi connectivity index (χ2n) is 8.09. The fourth-order valence-electron chi connectivity index (χ4n) is 4.05. The van der Waals surface area contributed by atoms with E-state index < -0.39 is 0 Å². The number of hydrogen-bond acceptors (Lipinski definition) is 4. The fourth-order valence-corrected chi connectivity index (χ4v) is 4.05. The van der Waals surface area contributed by atoms with Crippen molar-refractivity contribution >= 4 is 29.3 Å². The summed E-state index contributed by atoms with van der Waals surface area (Å²) in [6.45, 7) is 6.64. The monoisotopic (exact) mass is 423 g/mol. The minimum absolute atomic E-state index is 0.128. The minimum atomic E-state index is -0.313. The first-order chi connectivity index (χ1) is 14.9. The summed E-state index contributed by atoms with van der Waals surface area (Å²) in [6, 6.07) is 9.43. The van der Waals surface area contributed by atoms with Crippen molar-refractivity contribution < 1.29 is 13.6 Å². The summed E-state index contributed by atoms with van der Waals surface area (Å²) in [7, 11) is 2.08. The summed E-state index contributed by atoms with van der Waals surface area (Å²) in [6.07, 6.45) is 4.95. The average molecular weight is 424 g/mol. The third-order valence-corrected chi connectivity index (χ3v) is 5.97. The predicted octanol–water partition coefficient (Wildman–Crippen LogP) is 4.22. The van der Waals surface area contributed by atoms with Gasteiger partial charge in [-0.1, -0.05) is 18.2 Å². The van der Waals surface area contributed by atoms with E-state index in [2.05, 4.69) is 21.7 Å². The van der Waals surface area contributed by atoms with E-state index in [0.717, 1.165) is 43.0 Å². The van der Waals surface area contributed by atoms with Crippen LogP contribution in [0.4, 0.5) is 20.2 Å². The van der Waals surface area contributed by atoms with Crippen molar-refractivity contribution in [3.63, 3.8) is 0 Å². The largest absolute Gasteiger partial charge is 0.367 e. The molecule has 0 radical (unpaired) electrons. The number of piperazine rings is 1. The van der Waals surface area contributed by atoms with Crippen LogP contribution in [0.2, 0.25) is 0 Å². The van der Waals surface area contributed by atoms with Gasteiger partial charge in [0.05, 0.1) is 5.69 Å². The molecule has 0 N–H and O–H groups in total. The molecule has 0 aliphatic carbocycles. The zero-order valence-electron chi connectivity index (χ0n) is 17.9. The van der Waals surface area contributed by atoms with Gasteiger partial charge in [-0.05, 0) is 56.0 Å². The summed E-state index contributed by atoms with van der Waals surface area (Å²) in [4.78, 5) is 19.2. The van der Waals surface area contributed by atoms with Crippen LogP contribution in [0.1, 0.15) is 18.1 Å². The van der Waals surface area contributed by atoms with E-state index in [9.17, 15) is 13.6 Å². The molecule has 2 aliphatic rings. The Morgan fingerprint density at radius 2 is 1.74 bits per heavy atom. The summed E-state index contributed by atoms with van der Waals surface area (Å²) >= 11 is 0. The van der Waals surface area contributed by atoms with Crippen LogP contribution < -0.4 is 9.80 Å². The summed E-state index contributed by atoms with van der Waals surface area (Å²) < 4.78 is 28.0. The molecule has 0 bridgehead atoms. The van der Waals surface area contributed by atoms with Crippen LogP contribution >= 0.6 is 0 Å². The number of halogens is 2. The number of nitrogens with zero attached hydrogens (tertiary/aromatic N) is 3. The Bertz CT molecular complexity index is 1020. The lowest BCUT2D eigenvalue weighted by molar-refractivity contribution is -0.111. The number of ketones is 1. The highest BCUT2D eigenvalue weighted by Crippen LogP contribution is 2.35. The van der Waals surface area contributed by atoms with Gasteiger partial charge in [0.25, 0.3) is 0 Å². The first-order valence-electron chi connectivity index (χ1n) is 10.6. The average Bonchev–Trinajstić information content (AvgIpc) is 2.78. The molecule has 2 aromatic carbocycles. The molecule has 2 heterocycles. The first-order valence-corrected chi connectivity index (χ1v) is 10.6. The lowest BCUT2D eigenvalue weighted by Gasteiger charge is -2.36. The fraction of sp³-hybridized carbons (Fsp3) is 0.320. The van der Waals surface area contributed by atoms with Crippen LogP contribution in [0.15, 0.2) is 48.0 Å². The Balaban J connectivity index is 1.59. The van der Waals surface area contributed by atoms with Gasteiger partial charge in [0, 0.05) is 56.1 Å². The molecular weight excluding hydrogens is 396 g/mol. The Morgan fingerprint density at radius 3 is 2.42 bits per heavy atom. The Hall–Kier alpha value is -2.99. The van der Waals surface area contributed by atoms with Crippen molar-refractivity contribution in [2.75, 3.05) is 56.1 Å². The number of carbonyl (C=O) groups excluding carboxylic acids is 1. The van der Waals surface area contributed by atoms with E-state index in [4.69, 9.17) is 0 Å². The summed E-state index contributed by atoms with van der Waals surface area (Å²) in [5.41, 5.74) is 3.67. The summed E-state index contributed by atoms with van der Waals surface area (Å²) in [5, 5.41) is 0. The van der Waals surface area contributed by atoms with Crippen LogP contribution in [0.3, 0.4) is 0 Å². The second kappa shape index (κ2) is 9.02. The van der Waals surface area contributed by atoms with Crippen molar-refractivity contribution in [2.45, 2.75) is 6.92 Å².